The van der Waals surface area contributed by atoms with Gasteiger partial charge in [-0.3, -0.25) is 4.79 Å². The zero-order chi connectivity index (χ0) is 17.3. The van der Waals surface area contributed by atoms with Crippen LogP contribution in [-0.4, -0.2) is 41.6 Å². The Morgan fingerprint density at radius 3 is 2.79 bits per heavy atom. The lowest BCUT2D eigenvalue weighted by Gasteiger charge is -2.26. The standard InChI is InChI=1S/C19H25NO4/c1-12(14-7-3-4-9-16(14)24-2)10-17(21)20-11-13-6-5-8-15(13)18(20)19(22)23/h3-4,7,9,12-13,15,18H,5-6,8,10-11H2,1-2H3,(H,22,23). The Bertz CT molecular complexity index is 630. The van der Waals surface area contributed by atoms with Crippen LogP contribution >= 0.6 is 0 Å². The number of carboxylic acid groups (broad SMARTS) is 1. The first-order valence-electron chi connectivity index (χ1n) is 8.68. The topological polar surface area (TPSA) is 66.8 Å². The van der Waals surface area contributed by atoms with Crippen LogP contribution in [0.15, 0.2) is 24.3 Å². The number of amides is 1. The fourth-order valence-electron chi connectivity index (χ4n) is 4.44. The number of fused-ring (bicyclic) bond motifs is 1. The first-order valence-corrected chi connectivity index (χ1v) is 8.68. The number of carbonyl (C=O) groups is 2. The van der Waals surface area contributed by atoms with Crippen molar-refractivity contribution >= 4 is 11.9 Å². The number of benzene rings is 1. The lowest BCUT2D eigenvalue weighted by atomic mass is 9.93. The zero-order valence-corrected chi connectivity index (χ0v) is 14.3. The van der Waals surface area contributed by atoms with Crippen molar-refractivity contribution in [1.29, 1.82) is 0 Å². The number of methoxy groups -OCH3 is 1. The van der Waals surface area contributed by atoms with Crippen LogP contribution in [0.1, 0.15) is 44.1 Å². The second-order valence-corrected chi connectivity index (χ2v) is 7.03. The first-order chi connectivity index (χ1) is 11.5. The van der Waals surface area contributed by atoms with Crippen LogP contribution in [0.3, 0.4) is 0 Å². The summed E-state index contributed by atoms with van der Waals surface area (Å²) in [4.78, 5) is 26.1. The molecule has 5 nitrogen and oxygen atoms in total. The third kappa shape index (κ3) is 2.99. The van der Waals surface area contributed by atoms with Crippen molar-refractivity contribution in [3.8, 4) is 5.75 Å². The van der Waals surface area contributed by atoms with Crippen molar-refractivity contribution in [3.63, 3.8) is 0 Å². The summed E-state index contributed by atoms with van der Waals surface area (Å²) in [6, 6.07) is 7.04. The van der Waals surface area contributed by atoms with Gasteiger partial charge in [-0.25, -0.2) is 4.79 Å². The molecule has 1 amide bonds. The van der Waals surface area contributed by atoms with E-state index in [4.69, 9.17) is 4.74 Å². The molecule has 1 saturated carbocycles. The van der Waals surface area contributed by atoms with Crippen molar-refractivity contribution in [2.45, 2.75) is 44.6 Å². The van der Waals surface area contributed by atoms with Crippen LogP contribution in [0.25, 0.3) is 0 Å². The third-order valence-corrected chi connectivity index (χ3v) is 5.61. The number of hydrogen-bond acceptors (Lipinski definition) is 3. The third-order valence-electron chi connectivity index (χ3n) is 5.61. The highest BCUT2D eigenvalue weighted by atomic mass is 16.5. The fraction of sp³-hybridized carbons (Fsp3) is 0.579. The number of carboxylic acids is 1. The van der Waals surface area contributed by atoms with E-state index in [1.807, 2.05) is 31.2 Å². The number of carbonyl (C=O) groups excluding carboxylic acids is 1. The van der Waals surface area contributed by atoms with Crippen molar-refractivity contribution in [2.75, 3.05) is 13.7 Å². The van der Waals surface area contributed by atoms with E-state index in [9.17, 15) is 14.7 Å². The van der Waals surface area contributed by atoms with Crippen molar-refractivity contribution < 1.29 is 19.4 Å². The molecule has 130 valence electrons. The maximum atomic E-state index is 12.8. The number of aliphatic carboxylic acids is 1. The predicted octanol–water partition coefficient (Wildman–Crippen LogP) is 2.90. The molecule has 0 aromatic heterocycles. The summed E-state index contributed by atoms with van der Waals surface area (Å²) >= 11 is 0. The summed E-state index contributed by atoms with van der Waals surface area (Å²) in [5, 5.41) is 9.60. The lowest BCUT2D eigenvalue weighted by Crippen LogP contribution is -2.43. The number of rotatable bonds is 5. The van der Waals surface area contributed by atoms with E-state index in [1.54, 1.807) is 12.0 Å². The molecular weight excluding hydrogens is 306 g/mol. The molecule has 1 aliphatic carbocycles. The molecule has 3 rings (SSSR count). The quantitative estimate of drug-likeness (QED) is 0.901. The Labute approximate surface area is 142 Å². The average molecular weight is 331 g/mol. The van der Waals surface area contributed by atoms with Gasteiger partial charge in [-0.05, 0) is 42.2 Å². The van der Waals surface area contributed by atoms with Crippen LogP contribution in [0, 0.1) is 11.8 Å². The number of likely N-dealkylation sites (tertiary alicyclic amines) is 1. The molecule has 0 radical (unpaired) electrons. The fourth-order valence-corrected chi connectivity index (χ4v) is 4.44. The highest BCUT2D eigenvalue weighted by Gasteiger charge is 2.49. The minimum atomic E-state index is -0.859. The molecule has 2 aliphatic rings. The molecule has 1 aliphatic heterocycles. The van der Waals surface area contributed by atoms with E-state index in [1.165, 1.54) is 0 Å². The van der Waals surface area contributed by atoms with Crippen LogP contribution in [0.5, 0.6) is 5.75 Å². The minimum absolute atomic E-state index is 0.0106. The molecule has 5 heteroatoms. The molecule has 1 aromatic rings. The molecule has 1 heterocycles. The Kier molecular flexibility index (Phi) is 4.78. The van der Waals surface area contributed by atoms with E-state index < -0.39 is 12.0 Å². The van der Waals surface area contributed by atoms with Crippen molar-refractivity contribution in [3.05, 3.63) is 29.8 Å². The number of hydrogen-bond donors (Lipinski definition) is 1. The molecule has 4 unspecified atom stereocenters. The molecule has 1 saturated heterocycles. The van der Waals surface area contributed by atoms with Gasteiger partial charge in [0.25, 0.3) is 0 Å². The lowest BCUT2D eigenvalue weighted by molar-refractivity contribution is -0.149. The van der Waals surface area contributed by atoms with Crippen LogP contribution in [0.4, 0.5) is 0 Å². The Morgan fingerprint density at radius 1 is 1.33 bits per heavy atom. The second-order valence-electron chi connectivity index (χ2n) is 7.03. The summed E-state index contributed by atoms with van der Waals surface area (Å²) < 4.78 is 5.37. The summed E-state index contributed by atoms with van der Waals surface area (Å²) in [7, 11) is 1.62. The molecule has 0 bridgehead atoms. The second kappa shape index (κ2) is 6.83. The monoisotopic (exact) mass is 331 g/mol. The maximum Gasteiger partial charge on any atom is 0.326 e. The Balaban J connectivity index is 1.73. The SMILES string of the molecule is COc1ccccc1C(C)CC(=O)N1CC2CCCC2C1C(=O)O. The van der Waals surface area contributed by atoms with Gasteiger partial charge in [0, 0.05) is 13.0 Å². The van der Waals surface area contributed by atoms with E-state index in [2.05, 4.69) is 0 Å². The summed E-state index contributed by atoms with van der Waals surface area (Å²) in [5.41, 5.74) is 0.986. The van der Waals surface area contributed by atoms with Gasteiger partial charge in [0.2, 0.25) is 5.91 Å². The van der Waals surface area contributed by atoms with Gasteiger partial charge in [-0.1, -0.05) is 31.5 Å². The molecule has 1 N–H and O–H groups in total. The summed E-state index contributed by atoms with van der Waals surface area (Å²) in [5.74, 6) is 0.331. The van der Waals surface area contributed by atoms with Crippen molar-refractivity contribution in [1.82, 2.24) is 4.90 Å². The molecule has 0 spiro atoms. The number of para-hydroxylation sites is 1. The van der Waals surface area contributed by atoms with Gasteiger partial charge < -0.3 is 14.7 Å². The van der Waals surface area contributed by atoms with E-state index >= 15 is 0 Å². The van der Waals surface area contributed by atoms with Crippen LogP contribution in [-0.2, 0) is 9.59 Å². The van der Waals surface area contributed by atoms with Gasteiger partial charge >= 0.3 is 5.97 Å². The van der Waals surface area contributed by atoms with E-state index in [0.717, 1.165) is 30.6 Å². The molecular formula is C19H25NO4. The van der Waals surface area contributed by atoms with Gasteiger partial charge in [0.15, 0.2) is 0 Å². The summed E-state index contributed by atoms with van der Waals surface area (Å²) in [6.07, 6.45) is 3.36. The number of nitrogens with zero attached hydrogens (tertiary/aromatic N) is 1. The zero-order valence-electron chi connectivity index (χ0n) is 14.3. The van der Waals surface area contributed by atoms with Gasteiger partial charge in [0.05, 0.1) is 7.11 Å². The summed E-state index contributed by atoms with van der Waals surface area (Å²) in [6.45, 7) is 2.58. The number of ether oxygens (including phenoxy) is 1. The molecule has 4 atom stereocenters. The van der Waals surface area contributed by atoms with Gasteiger partial charge in [-0.15, -0.1) is 0 Å². The minimum Gasteiger partial charge on any atom is -0.496 e. The van der Waals surface area contributed by atoms with E-state index in [0.29, 0.717) is 18.9 Å². The first kappa shape index (κ1) is 16.8. The van der Waals surface area contributed by atoms with Crippen LogP contribution in [0.2, 0.25) is 0 Å². The highest BCUT2D eigenvalue weighted by Crippen LogP contribution is 2.43. The smallest absolute Gasteiger partial charge is 0.326 e. The van der Waals surface area contributed by atoms with Crippen LogP contribution < -0.4 is 4.74 Å². The molecule has 1 aromatic carbocycles. The molecule has 2 fully saturated rings. The predicted molar refractivity (Wildman–Crippen MR) is 90.0 cm³/mol. The van der Waals surface area contributed by atoms with Gasteiger partial charge in [-0.2, -0.15) is 0 Å². The van der Waals surface area contributed by atoms with Gasteiger partial charge in [0.1, 0.15) is 11.8 Å². The normalized spacial score (nSPS) is 26.9. The van der Waals surface area contributed by atoms with Crippen molar-refractivity contribution in [2.24, 2.45) is 11.8 Å². The Hall–Kier alpha value is -2.04. The Morgan fingerprint density at radius 2 is 2.08 bits per heavy atom. The highest BCUT2D eigenvalue weighted by molar-refractivity contribution is 5.85. The molecule has 24 heavy (non-hydrogen) atoms. The average Bonchev–Trinajstić information content (AvgIpc) is 3.14. The largest absolute Gasteiger partial charge is 0.496 e. The maximum absolute atomic E-state index is 12.8. The van der Waals surface area contributed by atoms with E-state index in [-0.39, 0.29) is 17.7 Å².